The van der Waals surface area contributed by atoms with E-state index in [-0.39, 0.29) is 41.4 Å². The van der Waals surface area contributed by atoms with E-state index in [9.17, 15) is 14.4 Å². The van der Waals surface area contributed by atoms with Crippen molar-refractivity contribution in [1.29, 1.82) is 0 Å². The summed E-state index contributed by atoms with van der Waals surface area (Å²) in [6, 6.07) is 0. The summed E-state index contributed by atoms with van der Waals surface area (Å²) in [6.45, 7) is 15.8. The smallest absolute Gasteiger partial charge is 0.333 e. The second-order valence-electron chi connectivity index (χ2n) is 10.6. The van der Waals surface area contributed by atoms with E-state index >= 15 is 0 Å². The Kier molecular flexibility index (Phi) is 5.81. The van der Waals surface area contributed by atoms with E-state index in [1.165, 1.54) is 0 Å². The van der Waals surface area contributed by atoms with E-state index in [1.807, 2.05) is 20.8 Å². The van der Waals surface area contributed by atoms with Crippen molar-refractivity contribution in [2.24, 2.45) is 34.5 Å². The first-order valence-electron chi connectivity index (χ1n) is 11.1. The predicted molar refractivity (Wildman–Crippen MR) is 114 cm³/mol. The normalized spacial score (nSPS) is 37.1. The zero-order valence-corrected chi connectivity index (χ0v) is 19.6. The summed E-state index contributed by atoms with van der Waals surface area (Å²) in [7, 11) is 0. The van der Waals surface area contributed by atoms with Crippen molar-refractivity contribution >= 4 is 17.7 Å². The minimum absolute atomic E-state index is 0.0671. The minimum Gasteiger partial charge on any atom is -0.462 e. The van der Waals surface area contributed by atoms with E-state index in [0.29, 0.717) is 18.4 Å². The molecule has 5 nitrogen and oxygen atoms in total. The minimum atomic E-state index is -0.465. The maximum Gasteiger partial charge on any atom is 0.333 e. The second kappa shape index (κ2) is 7.65. The molecule has 0 aromatic rings. The third-order valence-electron chi connectivity index (χ3n) is 7.89. The van der Waals surface area contributed by atoms with E-state index in [0.717, 1.165) is 5.57 Å². The van der Waals surface area contributed by atoms with Crippen molar-refractivity contribution in [3.63, 3.8) is 0 Å². The Morgan fingerprint density at radius 3 is 2.33 bits per heavy atom. The molecule has 3 saturated carbocycles. The van der Waals surface area contributed by atoms with Crippen LogP contribution in [-0.4, -0.2) is 29.9 Å². The number of hydrogen-bond donors (Lipinski definition) is 0. The van der Waals surface area contributed by atoms with E-state index < -0.39 is 23.0 Å². The molecule has 0 heterocycles. The van der Waals surface area contributed by atoms with Crippen molar-refractivity contribution in [3.8, 4) is 0 Å². The lowest BCUT2D eigenvalue weighted by Crippen LogP contribution is -2.67. The Morgan fingerprint density at radius 1 is 1.17 bits per heavy atom. The number of allylic oxidation sites excluding steroid dienone is 3. The lowest BCUT2D eigenvalue weighted by atomic mass is 9.37. The van der Waals surface area contributed by atoms with Crippen LogP contribution in [0.5, 0.6) is 0 Å². The Morgan fingerprint density at radius 2 is 1.80 bits per heavy atom. The van der Waals surface area contributed by atoms with Gasteiger partial charge >= 0.3 is 11.9 Å². The Bertz CT molecular complexity index is 817. The van der Waals surface area contributed by atoms with Gasteiger partial charge in [0.05, 0.1) is 0 Å². The molecular formula is C25H36O5. The van der Waals surface area contributed by atoms with Gasteiger partial charge < -0.3 is 9.47 Å². The second-order valence-corrected chi connectivity index (χ2v) is 10.6. The highest BCUT2D eigenvalue weighted by atomic mass is 16.6. The molecule has 0 saturated heterocycles. The molecule has 4 aliphatic carbocycles. The molecule has 3 fully saturated rings. The lowest BCUT2D eigenvalue weighted by molar-refractivity contribution is -0.204. The highest BCUT2D eigenvalue weighted by Crippen LogP contribution is 2.72. The zero-order valence-electron chi connectivity index (χ0n) is 19.6. The molecule has 4 aliphatic rings. The van der Waals surface area contributed by atoms with Crippen LogP contribution in [0, 0.1) is 34.5 Å². The molecule has 0 N–H and O–H groups in total. The quantitative estimate of drug-likeness (QED) is 0.482. The van der Waals surface area contributed by atoms with Crippen LogP contribution in [-0.2, 0) is 23.9 Å². The topological polar surface area (TPSA) is 69.7 Å². The van der Waals surface area contributed by atoms with Gasteiger partial charge in [0.2, 0.25) is 0 Å². The highest BCUT2D eigenvalue weighted by Gasteiger charge is 2.74. The number of hydrogen-bond acceptors (Lipinski definition) is 5. The summed E-state index contributed by atoms with van der Waals surface area (Å²) in [5.41, 5.74) is 0.725. The summed E-state index contributed by atoms with van der Waals surface area (Å²) >= 11 is 0. The standard InChI is InChI=1S/C25H36O5/c1-9-14(4)23(28)30-17-12-18(29-19(27)10-13(2)3)25(8)20-15(5)11-16(26)21(25)22(20)24(17,6)7/h9,11,13,17-18,20-22H,10,12H2,1-8H3/b14-9-/t17-,18-,20-,21+,22+,25-/m1/s1. The Hall–Kier alpha value is -1.91. The third-order valence-corrected chi connectivity index (χ3v) is 7.89. The van der Waals surface area contributed by atoms with Gasteiger partial charge in [-0.2, -0.15) is 0 Å². The van der Waals surface area contributed by atoms with Gasteiger partial charge in [0, 0.05) is 35.2 Å². The van der Waals surface area contributed by atoms with Gasteiger partial charge in [0.1, 0.15) is 12.2 Å². The largest absolute Gasteiger partial charge is 0.462 e. The number of fused-ring (bicyclic) bond motifs is 3. The van der Waals surface area contributed by atoms with Crippen molar-refractivity contribution < 1.29 is 23.9 Å². The van der Waals surface area contributed by atoms with Crippen molar-refractivity contribution in [1.82, 2.24) is 0 Å². The molecule has 0 unspecified atom stereocenters. The van der Waals surface area contributed by atoms with Crippen LogP contribution in [0.4, 0.5) is 0 Å². The fourth-order valence-corrected chi connectivity index (χ4v) is 6.18. The van der Waals surface area contributed by atoms with Crippen molar-refractivity contribution in [3.05, 3.63) is 23.3 Å². The fraction of sp³-hybridized carbons (Fsp3) is 0.720. The van der Waals surface area contributed by atoms with Crippen LogP contribution < -0.4 is 0 Å². The van der Waals surface area contributed by atoms with Crippen molar-refractivity contribution in [2.75, 3.05) is 0 Å². The first-order chi connectivity index (χ1) is 13.8. The van der Waals surface area contributed by atoms with Crippen LogP contribution in [0.3, 0.4) is 0 Å². The molecule has 4 rings (SSSR count). The zero-order chi connectivity index (χ0) is 22.6. The Balaban J connectivity index is 2.02. The number of esters is 2. The summed E-state index contributed by atoms with van der Waals surface area (Å²) in [4.78, 5) is 38.3. The average Bonchev–Trinajstić information content (AvgIpc) is 2.72. The molecule has 4 bridgehead atoms. The van der Waals surface area contributed by atoms with E-state index in [2.05, 4.69) is 20.8 Å². The molecule has 0 aromatic heterocycles. The van der Waals surface area contributed by atoms with Crippen LogP contribution in [0.2, 0.25) is 0 Å². The first kappa shape index (κ1) is 22.8. The SMILES string of the molecule is C/C=C(/C)C(=O)O[C@@H]1C[C@@H](OC(=O)CC(C)C)[C@]2(C)[C@@H]3C(C)=CC(=O)[C@H]2[C@H]3C1(C)C. The van der Waals surface area contributed by atoms with Gasteiger partial charge in [-0.1, -0.05) is 46.3 Å². The summed E-state index contributed by atoms with van der Waals surface area (Å²) in [6.07, 6.45) is 3.34. The van der Waals surface area contributed by atoms with Gasteiger partial charge in [-0.3, -0.25) is 9.59 Å². The number of carbonyl (C=O) groups is 3. The molecule has 0 aromatic carbocycles. The maximum absolute atomic E-state index is 13.1. The van der Waals surface area contributed by atoms with Crippen LogP contribution >= 0.6 is 0 Å². The highest BCUT2D eigenvalue weighted by molar-refractivity contribution is 5.97. The number of rotatable bonds is 5. The van der Waals surface area contributed by atoms with Crippen LogP contribution in [0.1, 0.15) is 68.2 Å². The maximum atomic E-state index is 13.1. The van der Waals surface area contributed by atoms with Gasteiger partial charge in [0.15, 0.2) is 5.78 Å². The first-order valence-corrected chi connectivity index (χ1v) is 11.1. The molecule has 5 heteroatoms. The number of ketones is 1. The molecule has 166 valence electrons. The molecule has 30 heavy (non-hydrogen) atoms. The van der Waals surface area contributed by atoms with Gasteiger partial charge in [-0.05, 0) is 44.6 Å². The van der Waals surface area contributed by atoms with Crippen LogP contribution in [0.15, 0.2) is 23.3 Å². The van der Waals surface area contributed by atoms with Crippen LogP contribution in [0.25, 0.3) is 0 Å². The molecule has 0 radical (unpaired) electrons. The van der Waals surface area contributed by atoms with Gasteiger partial charge in [0.25, 0.3) is 0 Å². The monoisotopic (exact) mass is 416 g/mol. The summed E-state index contributed by atoms with van der Waals surface area (Å²) in [5, 5.41) is 0. The Labute approximate surface area is 180 Å². The molecule has 6 atom stereocenters. The molecule has 0 spiro atoms. The molecular weight excluding hydrogens is 380 g/mol. The van der Waals surface area contributed by atoms with Gasteiger partial charge in [-0.25, -0.2) is 4.79 Å². The fourth-order valence-electron chi connectivity index (χ4n) is 6.18. The summed E-state index contributed by atoms with van der Waals surface area (Å²) < 4.78 is 12.0. The predicted octanol–water partition coefficient (Wildman–Crippen LogP) is 4.65. The molecule has 0 aliphatic heterocycles. The number of carbonyl (C=O) groups excluding carboxylic acids is 3. The van der Waals surface area contributed by atoms with E-state index in [4.69, 9.17) is 9.47 Å². The van der Waals surface area contributed by atoms with E-state index in [1.54, 1.807) is 26.0 Å². The average molecular weight is 417 g/mol. The summed E-state index contributed by atoms with van der Waals surface area (Å²) in [5.74, 6) is -0.315. The third kappa shape index (κ3) is 3.34. The lowest BCUT2D eigenvalue weighted by Gasteiger charge is -2.65. The van der Waals surface area contributed by atoms with Crippen molar-refractivity contribution in [2.45, 2.75) is 80.4 Å². The molecule has 0 amide bonds. The number of ether oxygens (including phenoxy) is 2. The van der Waals surface area contributed by atoms with Gasteiger partial charge in [-0.15, -0.1) is 0 Å².